The third kappa shape index (κ3) is 6.85. The predicted molar refractivity (Wildman–Crippen MR) is 127 cm³/mol. The van der Waals surface area contributed by atoms with E-state index in [-0.39, 0.29) is 23.4 Å². The van der Waals surface area contributed by atoms with Gasteiger partial charge in [-0.3, -0.25) is 14.9 Å². The zero-order valence-electron chi connectivity index (χ0n) is 18.7. The van der Waals surface area contributed by atoms with Crippen molar-refractivity contribution in [1.82, 2.24) is 10.3 Å². The number of carbonyl (C=O) groups excluding carboxylic acids is 2. The molecule has 3 aromatic rings. The number of aromatic nitrogens is 1. The molecule has 2 N–H and O–H groups in total. The fourth-order valence-corrected chi connectivity index (χ4v) is 3.82. The van der Waals surface area contributed by atoms with E-state index in [4.69, 9.17) is 4.74 Å². The average molecular weight is 488 g/mol. The van der Waals surface area contributed by atoms with Crippen LogP contribution in [0.2, 0.25) is 0 Å². The highest BCUT2D eigenvalue weighted by molar-refractivity contribution is 7.14. The molecule has 1 atom stereocenters. The minimum absolute atomic E-state index is 0.0907. The van der Waals surface area contributed by atoms with Crippen LogP contribution in [-0.2, 0) is 9.59 Å². The Bertz CT molecular complexity index is 1180. The van der Waals surface area contributed by atoms with E-state index in [9.17, 15) is 18.4 Å². The molecule has 0 fully saturated rings. The number of nitrogens with one attached hydrogen (secondary N) is 2. The monoisotopic (exact) mass is 487 g/mol. The lowest BCUT2D eigenvalue weighted by Gasteiger charge is -2.12. The Kier molecular flexibility index (Phi) is 8.31. The van der Waals surface area contributed by atoms with Crippen LogP contribution < -0.4 is 20.1 Å². The van der Waals surface area contributed by atoms with Crippen LogP contribution in [-0.4, -0.2) is 30.5 Å². The Morgan fingerprint density at radius 3 is 2.50 bits per heavy atom. The van der Waals surface area contributed by atoms with Crippen molar-refractivity contribution in [1.29, 1.82) is 0 Å². The molecule has 0 aliphatic carbocycles. The first kappa shape index (κ1) is 24.8. The number of alkyl halides is 2. The van der Waals surface area contributed by atoms with Crippen LogP contribution in [0.1, 0.15) is 31.0 Å². The number of hydrogen-bond donors (Lipinski definition) is 2. The number of halogens is 2. The van der Waals surface area contributed by atoms with E-state index in [2.05, 4.69) is 20.4 Å². The molecule has 0 saturated carbocycles. The van der Waals surface area contributed by atoms with Crippen molar-refractivity contribution in [2.75, 3.05) is 12.4 Å². The second-order valence-corrected chi connectivity index (χ2v) is 8.05. The van der Waals surface area contributed by atoms with Crippen LogP contribution in [0.25, 0.3) is 17.3 Å². The third-order valence-electron chi connectivity index (χ3n) is 4.69. The summed E-state index contributed by atoms with van der Waals surface area (Å²) in [5, 5.41) is 7.79. The third-order valence-corrected chi connectivity index (χ3v) is 5.45. The average Bonchev–Trinajstić information content (AvgIpc) is 3.26. The molecule has 0 aliphatic rings. The van der Waals surface area contributed by atoms with Gasteiger partial charge in [0.05, 0.1) is 18.8 Å². The van der Waals surface area contributed by atoms with Crippen LogP contribution in [0.5, 0.6) is 11.5 Å². The molecule has 0 aliphatic heterocycles. The molecule has 178 valence electrons. The maximum atomic E-state index is 12.4. The molecule has 2 aromatic carbocycles. The van der Waals surface area contributed by atoms with Gasteiger partial charge in [0, 0.05) is 23.9 Å². The summed E-state index contributed by atoms with van der Waals surface area (Å²) < 4.78 is 34.3. The van der Waals surface area contributed by atoms with Gasteiger partial charge in [-0.15, -0.1) is 11.3 Å². The summed E-state index contributed by atoms with van der Waals surface area (Å²) in [5.74, 6) is -0.452. The Hall–Kier alpha value is -3.79. The standard InChI is InChI=1S/C24H23F2N3O4S/c1-14(27-15(2)30)17-6-8-18(9-7-17)19-13-34-24(28-19)29-22(31)11-5-16-4-10-20(33-23(25)26)21(12-16)32-3/h4-14,23H,1-3H3,(H,27,30)(H,28,29,31)/b11-5+. The summed E-state index contributed by atoms with van der Waals surface area (Å²) >= 11 is 1.29. The maximum absolute atomic E-state index is 12.4. The topological polar surface area (TPSA) is 89.5 Å². The highest BCUT2D eigenvalue weighted by atomic mass is 32.1. The normalized spacial score (nSPS) is 11.9. The molecule has 0 bridgehead atoms. The lowest BCUT2D eigenvalue weighted by molar-refractivity contribution is -0.119. The molecule has 7 nitrogen and oxygen atoms in total. The largest absolute Gasteiger partial charge is 0.493 e. The van der Waals surface area contributed by atoms with Gasteiger partial charge >= 0.3 is 6.61 Å². The minimum atomic E-state index is -2.96. The van der Waals surface area contributed by atoms with Crippen LogP contribution >= 0.6 is 11.3 Å². The van der Waals surface area contributed by atoms with E-state index in [1.54, 1.807) is 0 Å². The second kappa shape index (κ2) is 11.4. The number of hydrogen-bond acceptors (Lipinski definition) is 6. The van der Waals surface area contributed by atoms with E-state index >= 15 is 0 Å². The van der Waals surface area contributed by atoms with Crippen molar-refractivity contribution in [3.05, 3.63) is 65.0 Å². The van der Waals surface area contributed by atoms with Gasteiger partial charge in [0.25, 0.3) is 0 Å². The highest BCUT2D eigenvalue weighted by Gasteiger charge is 2.11. The Morgan fingerprint density at radius 2 is 1.85 bits per heavy atom. The summed E-state index contributed by atoms with van der Waals surface area (Å²) in [4.78, 5) is 27.9. The van der Waals surface area contributed by atoms with Crippen LogP contribution in [0, 0.1) is 0 Å². The van der Waals surface area contributed by atoms with Crippen LogP contribution in [0.4, 0.5) is 13.9 Å². The van der Waals surface area contributed by atoms with Gasteiger partial charge in [-0.1, -0.05) is 30.3 Å². The van der Waals surface area contributed by atoms with Crippen molar-refractivity contribution >= 4 is 34.4 Å². The predicted octanol–water partition coefficient (Wildman–Crippen LogP) is 5.27. The fraction of sp³-hybridized carbons (Fsp3) is 0.208. The van der Waals surface area contributed by atoms with Crippen molar-refractivity contribution in [3.8, 4) is 22.8 Å². The summed E-state index contributed by atoms with van der Waals surface area (Å²) in [6, 6.07) is 11.9. The second-order valence-electron chi connectivity index (χ2n) is 7.19. The fourth-order valence-electron chi connectivity index (χ4n) is 3.09. The van der Waals surface area contributed by atoms with Gasteiger partial charge in [-0.2, -0.15) is 8.78 Å². The number of ether oxygens (including phenoxy) is 2. The quantitative estimate of drug-likeness (QED) is 0.402. The number of anilines is 1. The number of benzene rings is 2. The molecule has 0 saturated heterocycles. The van der Waals surface area contributed by atoms with Crippen molar-refractivity contribution in [2.45, 2.75) is 26.5 Å². The molecule has 1 aromatic heterocycles. The summed E-state index contributed by atoms with van der Waals surface area (Å²) in [7, 11) is 1.34. The minimum Gasteiger partial charge on any atom is -0.493 e. The van der Waals surface area contributed by atoms with E-state index in [1.807, 2.05) is 36.6 Å². The van der Waals surface area contributed by atoms with Crippen LogP contribution in [0.15, 0.2) is 53.9 Å². The highest BCUT2D eigenvalue weighted by Crippen LogP contribution is 2.30. The molecule has 0 radical (unpaired) electrons. The molecule has 1 heterocycles. The van der Waals surface area contributed by atoms with Crippen molar-refractivity contribution in [3.63, 3.8) is 0 Å². The van der Waals surface area contributed by atoms with Gasteiger partial charge in [0.15, 0.2) is 16.6 Å². The lowest BCUT2D eigenvalue weighted by Crippen LogP contribution is -2.23. The van der Waals surface area contributed by atoms with E-state index in [0.29, 0.717) is 16.4 Å². The molecule has 34 heavy (non-hydrogen) atoms. The molecule has 3 rings (SSSR count). The van der Waals surface area contributed by atoms with Gasteiger partial charge in [0.1, 0.15) is 0 Å². The molecular weight excluding hydrogens is 464 g/mol. The van der Waals surface area contributed by atoms with Crippen molar-refractivity contribution < 1.29 is 27.8 Å². The van der Waals surface area contributed by atoms with E-state index < -0.39 is 12.5 Å². The van der Waals surface area contributed by atoms with Gasteiger partial charge < -0.3 is 14.8 Å². The first-order valence-electron chi connectivity index (χ1n) is 10.2. The van der Waals surface area contributed by atoms with Gasteiger partial charge in [-0.05, 0) is 36.3 Å². The Labute approximate surface area is 199 Å². The first-order chi connectivity index (χ1) is 16.2. The summed E-state index contributed by atoms with van der Waals surface area (Å²) in [6.07, 6.45) is 2.83. The summed E-state index contributed by atoms with van der Waals surface area (Å²) in [5.41, 5.74) is 3.13. The SMILES string of the molecule is COc1cc(/C=C/C(=O)Nc2nc(-c3ccc(C(C)NC(C)=O)cc3)cs2)ccc1OC(F)F. The number of methoxy groups -OCH3 is 1. The smallest absolute Gasteiger partial charge is 0.387 e. The Balaban J connectivity index is 1.62. The van der Waals surface area contributed by atoms with Gasteiger partial charge in [-0.25, -0.2) is 4.98 Å². The van der Waals surface area contributed by atoms with E-state index in [1.165, 1.54) is 55.7 Å². The van der Waals surface area contributed by atoms with Crippen molar-refractivity contribution in [2.24, 2.45) is 0 Å². The number of thiazole rings is 1. The maximum Gasteiger partial charge on any atom is 0.387 e. The molecule has 2 amide bonds. The molecule has 10 heteroatoms. The Morgan fingerprint density at radius 1 is 1.12 bits per heavy atom. The lowest BCUT2D eigenvalue weighted by atomic mass is 10.1. The summed E-state index contributed by atoms with van der Waals surface area (Å²) in [6.45, 7) is 0.417. The zero-order chi connectivity index (χ0) is 24.7. The molecule has 1 unspecified atom stereocenters. The molecule has 0 spiro atoms. The number of nitrogens with zero attached hydrogens (tertiary/aromatic N) is 1. The first-order valence-corrected chi connectivity index (χ1v) is 11.1. The molecular formula is C24H23F2N3O4S. The number of rotatable bonds is 9. The van der Waals surface area contributed by atoms with Crippen LogP contribution in [0.3, 0.4) is 0 Å². The zero-order valence-corrected chi connectivity index (χ0v) is 19.5. The van der Waals surface area contributed by atoms with Gasteiger partial charge in [0.2, 0.25) is 11.8 Å². The van der Waals surface area contributed by atoms with E-state index in [0.717, 1.165) is 11.1 Å². The number of carbonyl (C=O) groups is 2. The number of amides is 2.